The standard InChI is InChI=1S/C17H20BrNO3S/c1-3-10-21-13-4-6-14(7-5-13)22-12-17(20)19(2)11-15-8-9-16(18)23-15/h4-9H,3,10-12H2,1-2H3. The fourth-order valence-electron chi connectivity index (χ4n) is 1.87. The van der Waals surface area contributed by atoms with Crippen molar-refractivity contribution in [3.8, 4) is 11.5 Å². The van der Waals surface area contributed by atoms with E-state index in [0.717, 1.165) is 20.8 Å². The summed E-state index contributed by atoms with van der Waals surface area (Å²) in [4.78, 5) is 14.9. The molecule has 0 aliphatic carbocycles. The molecule has 124 valence electrons. The lowest BCUT2D eigenvalue weighted by molar-refractivity contribution is -0.132. The number of hydrogen-bond acceptors (Lipinski definition) is 4. The smallest absolute Gasteiger partial charge is 0.260 e. The van der Waals surface area contributed by atoms with Gasteiger partial charge in [-0.1, -0.05) is 6.92 Å². The Hall–Kier alpha value is -1.53. The van der Waals surface area contributed by atoms with E-state index in [9.17, 15) is 4.79 Å². The maximum Gasteiger partial charge on any atom is 0.260 e. The highest BCUT2D eigenvalue weighted by atomic mass is 79.9. The fraction of sp³-hybridized carbons (Fsp3) is 0.353. The molecule has 0 N–H and O–H groups in total. The van der Waals surface area contributed by atoms with Gasteiger partial charge in [0.2, 0.25) is 0 Å². The van der Waals surface area contributed by atoms with Crippen LogP contribution in [0.5, 0.6) is 11.5 Å². The van der Waals surface area contributed by atoms with Crippen LogP contribution in [0.3, 0.4) is 0 Å². The summed E-state index contributed by atoms with van der Waals surface area (Å²) in [5.74, 6) is 1.42. The second-order valence-electron chi connectivity index (χ2n) is 5.06. The maximum absolute atomic E-state index is 12.1. The van der Waals surface area contributed by atoms with E-state index >= 15 is 0 Å². The molecule has 0 atom stereocenters. The minimum atomic E-state index is -0.0548. The number of hydrogen-bond donors (Lipinski definition) is 0. The van der Waals surface area contributed by atoms with Crippen molar-refractivity contribution in [1.29, 1.82) is 0 Å². The third-order valence-corrected chi connectivity index (χ3v) is 4.71. The number of amides is 1. The van der Waals surface area contributed by atoms with Crippen LogP contribution in [0.4, 0.5) is 0 Å². The van der Waals surface area contributed by atoms with Crippen molar-refractivity contribution in [2.45, 2.75) is 19.9 Å². The first-order valence-electron chi connectivity index (χ1n) is 7.42. The van der Waals surface area contributed by atoms with Crippen molar-refractivity contribution in [2.75, 3.05) is 20.3 Å². The van der Waals surface area contributed by atoms with E-state index in [1.165, 1.54) is 0 Å². The highest BCUT2D eigenvalue weighted by Gasteiger charge is 2.11. The SMILES string of the molecule is CCCOc1ccc(OCC(=O)N(C)Cc2ccc(Br)s2)cc1. The van der Waals surface area contributed by atoms with Crippen molar-refractivity contribution >= 4 is 33.2 Å². The Labute approximate surface area is 149 Å². The van der Waals surface area contributed by atoms with Gasteiger partial charge in [0, 0.05) is 11.9 Å². The number of halogens is 1. The van der Waals surface area contributed by atoms with Crippen molar-refractivity contribution in [3.63, 3.8) is 0 Å². The van der Waals surface area contributed by atoms with E-state index in [1.54, 1.807) is 23.3 Å². The molecule has 1 aromatic carbocycles. The molecule has 0 aliphatic rings. The lowest BCUT2D eigenvalue weighted by Crippen LogP contribution is -2.30. The quantitative estimate of drug-likeness (QED) is 0.664. The predicted molar refractivity (Wildman–Crippen MR) is 96.2 cm³/mol. The molecule has 2 aromatic rings. The summed E-state index contributed by atoms with van der Waals surface area (Å²) in [7, 11) is 1.78. The number of rotatable bonds is 8. The zero-order valence-electron chi connectivity index (χ0n) is 13.3. The Morgan fingerprint density at radius 1 is 1.13 bits per heavy atom. The summed E-state index contributed by atoms with van der Waals surface area (Å²) >= 11 is 5.05. The highest BCUT2D eigenvalue weighted by Crippen LogP contribution is 2.23. The van der Waals surface area contributed by atoms with E-state index in [2.05, 4.69) is 22.9 Å². The van der Waals surface area contributed by atoms with Gasteiger partial charge in [0.25, 0.3) is 5.91 Å². The molecular weight excluding hydrogens is 378 g/mol. The molecule has 1 heterocycles. The van der Waals surface area contributed by atoms with E-state index in [-0.39, 0.29) is 12.5 Å². The number of thiophene rings is 1. The van der Waals surface area contributed by atoms with Crippen LogP contribution in [0.2, 0.25) is 0 Å². The van der Waals surface area contributed by atoms with Gasteiger partial charge in [-0.3, -0.25) is 4.79 Å². The minimum Gasteiger partial charge on any atom is -0.494 e. The molecule has 23 heavy (non-hydrogen) atoms. The largest absolute Gasteiger partial charge is 0.494 e. The minimum absolute atomic E-state index is 0.0260. The number of carbonyl (C=O) groups is 1. The third-order valence-electron chi connectivity index (χ3n) is 3.11. The number of nitrogens with zero attached hydrogens (tertiary/aromatic N) is 1. The average Bonchev–Trinajstić information content (AvgIpc) is 2.96. The summed E-state index contributed by atoms with van der Waals surface area (Å²) < 4.78 is 12.1. The lowest BCUT2D eigenvalue weighted by Gasteiger charge is -2.16. The van der Waals surface area contributed by atoms with Crippen LogP contribution in [-0.4, -0.2) is 31.1 Å². The van der Waals surface area contributed by atoms with Crippen LogP contribution in [0.25, 0.3) is 0 Å². The first-order valence-corrected chi connectivity index (χ1v) is 9.03. The van der Waals surface area contributed by atoms with E-state index in [0.29, 0.717) is 18.9 Å². The molecular formula is C17H20BrNO3S. The van der Waals surface area contributed by atoms with Crippen molar-refractivity contribution < 1.29 is 14.3 Å². The van der Waals surface area contributed by atoms with Gasteiger partial charge in [0.05, 0.1) is 16.9 Å². The van der Waals surface area contributed by atoms with Crippen LogP contribution in [0.1, 0.15) is 18.2 Å². The predicted octanol–water partition coefficient (Wildman–Crippen LogP) is 4.34. The van der Waals surface area contributed by atoms with Gasteiger partial charge in [-0.2, -0.15) is 0 Å². The molecule has 0 saturated heterocycles. The average molecular weight is 398 g/mol. The van der Waals surface area contributed by atoms with Crippen molar-refractivity contribution in [1.82, 2.24) is 4.90 Å². The Morgan fingerprint density at radius 2 is 1.78 bits per heavy atom. The molecule has 0 spiro atoms. The van der Waals surface area contributed by atoms with Gasteiger partial charge in [-0.15, -0.1) is 11.3 Å². The van der Waals surface area contributed by atoms with E-state index < -0.39 is 0 Å². The summed E-state index contributed by atoms with van der Waals surface area (Å²) in [6.07, 6.45) is 0.972. The van der Waals surface area contributed by atoms with Crippen LogP contribution in [-0.2, 0) is 11.3 Å². The molecule has 2 rings (SSSR count). The van der Waals surface area contributed by atoms with Crippen LogP contribution in [0.15, 0.2) is 40.2 Å². The van der Waals surface area contributed by atoms with Gasteiger partial charge in [0.1, 0.15) is 11.5 Å². The van der Waals surface area contributed by atoms with Gasteiger partial charge in [-0.05, 0) is 58.7 Å². The van der Waals surface area contributed by atoms with Crippen LogP contribution in [0, 0.1) is 0 Å². The molecule has 0 fully saturated rings. The number of ether oxygens (including phenoxy) is 2. The van der Waals surface area contributed by atoms with Crippen LogP contribution < -0.4 is 9.47 Å². The van der Waals surface area contributed by atoms with Crippen molar-refractivity contribution in [3.05, 3.63) is 45.1 Å². The molecule has 6 heteroatoms. The van der Waals surface area contributed by atoms with Crippen LogP contribution >= 0.6 is 27.3 Å². The second kappa shape index (κ2) is 8.93. The monoisotopic (exact) mass is 397 g/mol. The third kappa shape index (κ3) is 5.88. The summed E-state index contributed by atoms with van der Waals surface area (Å²) in [6.45, 7) is 3.37. The van der Waals surface area contributed by atoms with E-state index in [4.69, 9.17) is 9.47 Å². The van der Waals surface area contributed by atoms with Gasteiger partial charge in [-0.25, -0.2) is 0 Å². The Bertz CT molecular complexity index is 627. The molecule has 0 aliphatic heterocycles. The molecule has 0 unspecified atom stereocenters. The second-order valence-corrected chi connectivity index (χ2v) is 7.61. The summed E-state index contributed by atoms with van der Waals surface area (Å²) in [5.41, 5.74) is 0. The molecule has 0 saturated carbocycles. The van der Waals surface area contributed by atoms with Crippen molar-refractivity contribution in [2.24, 2.45) is 0 Å². The van der Waals surface area contributed by atoms with Gasteiger partial charge >= 0.3 is 0 Å². The topological polar surface area (TPSA) is 38.8 Å². The number of carbonyl (C=O) groups excluding carboxylic acids is 1. The lowest BCUT2D eigenvalue weighted by atomic mass is 10.3. The Kier molecular flexibility index (Phi) is 6.92. The molecule has 0 bridgehead atoms. The van der Waals surface area contributed by atoms with E-state index in [1.807, 2.05) is 36.4 Å². The molecule has 1 aromatic heterocycles. The number of likely N-dealkylation sites (N-methyl/N-ethyl adjacent to an activating group) is 1. The molecule has 1 amide bonds. The fourth-order valence-corrected chi connectivity index (χ4v) is 3.40. The number of benzene rings is 1. The zero-order chi connectivity index (χ0) is 16.7. The Morgan fingerprint density at radius 3 is 2.35 bits per heavy atom. The molecule has 4 nitrogen and oxygen atoms in total. The van der Waals surface area contributed by atoms with Gasteiger partial charge in [0.15, 0.2) is 6.61 Å². The summed E-state index contributed by atoms with van der Waals surface area (Å²) in [5, 5.41) is 0. The van der Waals surface area contributed by atoms with Gasteiger partial charge < -0.3 is 14.4 Å². The Balaban J connectivity index is 1.79. The highest BCUT2D eigenvalue weighted by molar-refractivity contribution is 9.11. The normalized spacial score (nSPS) is 10.4. The molecule has 0 radical (unpaired) electrons. The maximum atomic E-state index is 12.1. The zero-order valence-corrected chi connectivity index (χ0v) is 15.7. The summed E-state index contributed by atoms with van der Waals surface area (Å²) in [6, 6.07) is 11.3. The first kappa shape index (κ1) is 17.8. The first-order chi connectivity index (χ1) is 11.1.